The lowest BCUT2D eigenvalue weighted by Gasteiger charge is -2.25. The fourth-order valence-corrected chi connectivity index (χ4v) is 2.82. The zero-order valence-corrected chi connectivity index (χ0v) is 16.7. The zero-order valence-electron chi connectivity index (χ0n) is 16.0. The van der Waals surface area contributed by atoms with Crippen molar-refractivity contribution >= 4 is 23.7 Å². The van der Waals surface area contributed by atoms with Gasteiger partial charge in [0.2, 0.25) is 0 Å². The molecule has 28 heavy (non-hydrogen) atoms. The predicted octanol–water partition coefficient (Wildman–Crippen LogP) is 3.89. The number of carboxylic acid groups (broad SMARTS) is 1. The van der Waals surface area contributed by atoms with E-state index in [0.717, 1.165) is 16.7 Å². The molecule has 0 saturated heterocycles. The average Bonchev–Trinajstić information content (AvgIpc) is 2.59. The highest BCUT2D eigenvalue weighted by molar-refractivity contribution is 6.30. The second kappa shape index (κ2) is 9.08. The topological polar surface area (TPSA) is 95.9 Å². The second-order valence-corrected chi connectivity index (χ2v) is 7.88. The summed E-state index contributed by atoms with van der Waals surface area (Å²) in [6, 6.07) is 13.8. The number of carboxylic acids is 1. The molecule has 0 aliphatic rings. The molecule has 7 heteroatoms. The molecule has 1 amide bonds. The molecule has 0 aromatic heterocycles. The van der Waals surface area contributed by atoms with Crippen molar-refractivity contribution in [3.63, 3.8) is 0 Å². The maximum Gasteiger partial charge on any atom is 0.407 e. The number of aliphatic hydroxyl groups excluding tert-OH is 1. The van der Waals surface area contributed by atoms with E-state index in [4.69, 9.17) is 21.4 Å². The van der Waals surface area contributed by atoms with Crippen molar-refractivity contribution in [2.75, 3.05) is 0 Å². The summed E-state index contributed by atoms with van der Waals surface area (Å²) in [5.41, 5.74) is 1.92. The standard InChI is InChI=1S/C21H24ClNO5/c1-21(2,3)28-20(27)23-17(18(24)19(25)26)11-13-7-9-14(10-8-13)15-5-4-6-16(22)12-15/h4-10,12,17-18,24H,11H2,1-3H3,(H,23,27)(H,25,26). The first-order valence-electron chi connectivity index (χ1n) is 8.80. The van der Waals surface area contributed by atoms with Crippen molar-refractivity contribution < 1.29 is 24.5 Å². The maximum absolute atomic E-state index is 12.0. The molecule has 3 N–H and O–H groups in total. The molecule has 0 aliphatic carbocycles. The van der Waals surface area contributed by atoms with Gasteiger partial charge in [0.15, 0.2) is 6.10 Å². The Balaban J connectivity index is 2.14. The molecular weight excluding hydrogens is 382 g/mol. The number of amides is 1. The summed E-state index contributed by atoms with van der Waals surface area (Å²) in [6.45, 7) is 5.09. The van der Waals surface area contributed by atoms with E-state index in [9.17, 15) is 14.7 Å². The van der Waals surface area contributed by atoms with Crippen LogP contribution in [0.15, 0.2) is 48.5 Å². The number of rotatable bonds is 6. The minimum atomic E-state index is -1.76. The van der Waals surface area contributed by atoms with Crippen LogP contribution < -0.4 is 5.32 Å². The van der Waals surface area contributed by atoms with Gasteiger partial charge >= 0.3 is 12.1 Å². The van der Waals surface area contributed by atoms with Gasteiger partial charge in [0, 0.05) is 5.02 Å². The lowest BCUT2D eigenvalue weighted by atomic mass is 9.98. The Morgan fingerprint density at radius 3 is 2.29 bits per heavy atom. The van der Waals surface area contributed by atoms with Gasteiger partial charge in [-0.25, -0.2) is 9.59 Å². The number of aliphatic carboxylic acids is 1. The minimum absolute atomic E-state index is 0.128. The summed E-state index contributed by atoms with van der Waals surface area (Å²) >= 11 is 6.02. The number of benzene rings is 2. The molecule has 0 bridgehead atoms. The number of alkyl carbamates (subject to hydrolysis) is 1. The molecule has 2 rings (SSSR count). The van der Waals surface area contributed by atoms with Crippen molar-refractivity contribution in [3.05, 3.63) is 59.1 Å². The quantitative estimate of drug-likeness (QED) is 0.677. The lowest BCUT2D eigenvalue weighted by molar-refractivity contribution is -0.148. The van der Waals surface area contributed by atoms with Gasteiger partial charge < -0.3 is 20.3 Å². The van der Waals surface area contributed by atoms with Gasteiger partial charge in [-0.15, -0.1) is 0 Å². The Morgan fingerprint density at radius 1 is 1.11 bits per heavy atom. The van der Waals surface area contributed by atoms with Crippen LogP contribution in [0.1, 0.15) is 26.3 Å². The largest absolute Gasteiger partial charge is 0.479 e. The van der Waals surface area contributed by atoms with Crippen LogP contribution in [0.3, 0.4) is 0 Å². The van der Waals surface area contributed by atoms with Gasteiger partial charge in [0.25, 0.3) is 0 Å². The van der Waals surface area contributed by atoms with Gasteiger partial charge in [-0.1, -0.05) is 48.0 Å². The molecule has 0 saturated carbocycles. The SMILES string of the molecule is CC(C)(C)OC(=O)NC(Cc1ccc(-c2cccc(Cl)c2)cc1)C(O)C(=O)O. The number of carbonyl (C=O) groups is 2. The molecule has 0 fully saturated rings. The Kier molecular flexibility index (Phi) is 7.05. The van der Waals surface area contributed by atoms with Gasteiger partial charge in [0.1, 0.15) is 5.60 Å². The molecule has 2 atom stereocenters. The van der Waals surface area contributed by atoms with Crippen LogP contribution in [0.2, 0.25) is 5.02 Å². The molecule has 0 heterocycles. The van der Waals surface area contributed by atoms with E-state index in [1.165, 1.54) is 0 Å². The summed E-state index contributed by atoms with van der Waals surface area (Å²) < 4.78 is 5.16. The Labute approximate surface area is 169 Å². The fraction of sp³-hybridized carbons (Fsp3) is 0.333. The van der Waals surface area contributed by atoms with Crippen molar-refractivity contribution in [2.45, 2.75) is 44.9 Å². The number of ether oxygens (including phenoxy) is 1. The van der Waals surface area contributed by atoms with Crippen LogP contribution in [-0.2, 0) is 16.0 Å². The van der Waals surface area contributed by atoms with Gasteiger partial charge in [-0.05, 0) is 56.0 Å². The number of aliphatic hydroxyl groups is 1. The predicted molar refractivity (Wildman–Crippen MR) is 107 cm³/mol. The van der Waals surface area contributed by atoms with E-state index in [0.29, 0.717) is 5.02 Å². The van der Waals surface area contributed by atoms with E-state index < -0.39 is 29.8 Å². The van der Waals surface area contributed by atoms with Crippen molar-refractivity contribution in [3.8, 4) is 11.1 Å². The first kappa shape index (κ1) is 21.7. The first-order valence-corrected chi connectivity index (χ1v) is 9.18. The molecule has 6 nitrogen and oxygen atoms in total. The molecule has 0 aliphatic heterocycles. The third-order valence-electron chi connectivity index (χ3n) is 3.90. The number of nitrogens with one attached hydrogen (secondary N) is 1. The van der Waals surface area contributed by atoms with Crippen LogP contribution in [0.4, 0.5) is 4.79 Å². The van der Waals surface area contributed by atoms with Crippen LogP contribution in [0.5, 0.6) is 0 Å². The molecule has 2 unspecified atom stereocenters. The van der Waals surface area contributed by atoms with Gasteiger partial charge in [-0.2, -0.15) is 0 Å². The number of halogens is 1. The third-order valence-corrected chi connectivity index (χ3v) is 4.14. The summed E-state index contributed by atoms with van der Waals surface area (Å²) in [5, 5.41) is 22.2. The van der Waals surface area contributed by atoms with Crippen molar-refractivity contribution in [2.24, 2.45) is 0 Å². The number of carbonyl (C=O) groups excluding carboxylic acids is 1. The van der Waals surface area contributed by atoms with Gasteiger partial charge in [-0.3, -0.25) is 0 Å². The summed E-state index contributed by atoms with van der Waals surface area (Å²) in [7, 11) is 0. The minimum Gasteiger partial charge on any atom is -0.479 e. The number of hydrogen-bond acceptors (Lipinski definition) is 4. The van der Waals surface area contributed by atoms with Crippen LogP contribution in [0, 0.1) is 0 Å². The van der Waals surface area contributed by atoms with Crippen LogP contribution in [0.25, 0.3) is 11.1 Å². The van der Waals surface area contributed by atoms with E-state index >= 15 is 0 Å². The zero-order chi connectivity index (χ0) is 20.9. The summed E-state index contributed by atoms with van der Waals surface area (Å²) in [4.78, 5) is 23.2. The van der Waals surface area contributed by atoms with E-state index in [-0.39, 0.29) is 6.42 Å². The monoisotopic (exact) mass is 405 g/mol. The summed E-state index contributed by atoms with van der Waals surface area (Å²) in [6.07, 6.45) is -2.42. The first-order chi connectivity index (χ1) is 13.0. The molecule has 0 spiro atoms. The Morgan fingerprint density at radius 2 is 1.75 bits per heavy atom. The van der Waals surface area contributed by atoms with Gasteiger partial charge in [0.05, 0.1) is 6.04 Å². The molecular formula is C21H24ClNO5. The van der Waals surface area contributed by atoms with E-state index in [1.54, 1.807) is 26.8 Å². The third kappa shape index (κ3) is 6.55. The Hall–Kier alpha value is -2.57. The molecule has 150 valence electrons. The van der Waals surface area contributed by atoms with Crippen LogP contribution >= 0.6 is 11.6 Å². The van der Waals surface area contributed by atoms with Crippen LogP contribution in [-0.4, -0.2) is 40.0 Å². The smallest absolute Gasteiger partial charge is 0.407 e. The van der Waals surface area contributed by atoms with E-state index in [2.05, 4.69) is 5.32 Å². The average molecular weight is 406 g/mol. The highest BCUT2D eigenvalue weighted by atomic mass is 35.5. The van der Waals surface area contributed by atoms with Crippen molar-refractivity contribution in [1.82, 2.24) is 5.32 Å². The lowest BCUT2D eigenvalue weighted by Crippen LogP contribution is -2.49. The Bertz CT molecular complexity index is 829. The maximum atomic E-state index is 12.0. The number of hydrogen-bond donors (Lipinski definition) is 3. The highest BCUT2D eigenvalue weighted by Crippen LogP contribution is 2.23. The summed E-state index contributed by atoms with van der Waals surface area (Å²) in [5.74, 6) is -1.42. The molecule has 2 aromatic carbocycles. The molecule has 0 radical (unpaired) electrons. The van der Waals surface area contributed by atoms with E-state index in [1.807, 2.05) is 42.5 Å². The highest BCUT2D eigenvalue weighted by Gasteiger charge is 2.29. The normalized spacial score (nSPS) is 13.5. The fourth-order valence-electron chi connectivity index (χ4n) is 2.63. The second-order valence-electron chi connectivity index (χ2n) is 7.45. The van der Waals surface area contributed by atoms with Crippen molar-refractivity contribution in [1.29, 1.82) is 0 Å². The molecule has 2 aromatic rings.